The molecule has 1 N–H and O–H groups in total. The lowest BCUT2D eigenvalue weighted by Gasteiger charge is -2.30. The highest BCUT2D eigenvalue weighted by molar-refractivity contribution is 5.85. The van der Waals surface area contributed by atoms with Crippen LogP contribution in [0.5, 0.6) is 0 Å². The summed E-state index contributed by atoms with van der Waals surface area (Å²) in [6.45, 7) is 7.98. The molecule has 0 saturated heterocycles. The molecule has 0 aromatic heterocycles. The van der Waals surface area contributed by atoms with Gasteiger partial charge in [0, 0.05) is 24.5 Å². The molecule has 0 aromatic rings. The molecule has 4 aliphatic carbocycles. The van der Waals surface area contributed by atoms with Crippen LogP contribution in [0.25, 0.3) is 11.5 Å². The van der Waals surface area contributed by atoms with E-state index >= 15 is 0 Å². The fourth-order valence-electron chi connectivity index (χ4n) is 7.06. The van der Waals surface area contributed by atoms with E-state index in [9.17, 15) is 4.79 Å². The molecule has 0 amide bonds. The van der Waals surface area contributed by atoms with Crippen LogP contribution in [0, 0.1) is 23.7 Å². The van der Waals surface area contributed by atoms with Crippen molar-refractivity contribution in [3.63, 3.8) is 0 Å². The van der Waals surface area contributed by atoms with Gasteiger partial charge in [-0.25, -0.2) is 14.8 Å². The Balaban J connectivity index is 0.00000181. The van der Waals surface area contributed by atoms with Gasteiger partial charge in [0.2, 0.25) is 0 Å². The van der Waals surface area contributed by atoms with E-state index in [1.54, 1.807) is 0 Å². The van der Waals surface area contributed by atoms with Gasteiger partial charge in [-0.3, -0.25) is 9.13 Å². The molecular formula is C22H32ClN5O. The zero-order chi connectivity index (χ0) is 19.2. The number of fused-ring (bicyclic) bond motifs is 3. The fourth-order valence-corrected chi connectivity index (χ4v) is 7.06. The van der Waals surface area contributed by atoms with Crippen LogP contribution in [-0.4, -0.2) is 25.1 Å². The molecule has 7 heteroatoms. The molecule has 4 fully saturated rings. The average Bonchev–Trinajstić information content (AvgIpc) is 3.38. The molecule has 29 heavy (non-hydrogen) atoms. The predicted octanol–water partition coefficient (Wildman–Crippen LogP) is 3.90. The van der Waals surface area contributed by atoms with E-state index < -0.39 is 0 Å². The van der Waals surface area contributed by atoms with Crippen LogP contribution < -0.4 is 11.0 Å². The summed E-state index contributed by atoms with van der Waals surface area (Å²) < 4.78 is 3.80. The van der Waals surface area contributed by atoms with Crippen LogP contribution in [0.15, 0.2) is 4.79 Å². The molecule has 158 valence electrons. The van der Waals surface area contributed by atoms with Crippen LogP contribution >= 0.6 is 12.4 Å². The molecule has 7 rings (SSSR count). The van der Waals surface area contributed by atoms with Crippen molar-refractivity contribution < 1.29 is 0 Å². The first-order valence-corrected chi connectivity index (χ1v) is 11.3. The zero-order valence-corrected chi connectivity index (χ0v) is 18.5. The first kappa shape index (κ1) is 19.4. The third-order valence-corrected chi connectivity index (χ3v) is 8.24. The third kappa shape index (κ3) is 2.50. The number of hydrogen-bond donors (Lipinski definition) is 1. The Hall–Kier alpha value is -1.56. The molecule has 2 unspecified atom stereocenters. The van der Waals surface area contributed by atoms with Crippen molar-refractivity contribution in [3.8, 4) is 11.5 Å². The van der Waals surface area contributed by atoms with Gasteiger partial charge in [-0.05, 0) is 62.2 Å². The summed E-state index contributed by atoms with van der Waals surface area (Å²) in [6.07, 6.45) is 7.60. The lowest BCUT2D eigenvalue weighted by atomic mass is 9.75. The normalized spacial score (nSPS) is 34.1. The van der Waals surface area contributed by atoms with Gasteiger partial charge in [0.15, 0.2) is 5.82 Å². The molecule has 4 bridgehead atoms. The van der Waals surface area contributed by atoms with E-state index in [1.165, 1.54) is 32.1 Å². The maximum atomic E-state index is 13.3. The minimum atomic E-state index is 0. The van der Waals surface area contributed by atoms with Gasteiger partial charge in [-0.15, -0.1) is 12.4 Å². The molecular weight excluding hydrogens is 386 g/mol. The van der Waals surface area contributed by atoms with Crippen LogP contribution in [0.2, 0.25) is 0 Å². The summed E-state index contributed by atoms with van der Waals surface area (Å²) >= 11 is 0. The summed E-state index contributed by atoms with van der Waals surface area (Å²) in [6, 6.07) is 0.282. The minimum absolute atomic E-state index is 0. The predicted molar refractivity (Wildman–Crippen MR) is 116 cm³/mol. The molecule has 7 aliphatic rings. The number of aromatic nitrogens is 4. The van der Waals surface area contributed by atoms with Gasteiger partial charge in [0.1, 0.15) is 17.3 Å². The third-order valence-electron chi connectivity index (χ3n) is 8.24. The molecule has 6 nitrogen and oxygen atoms in total. The second kappa shape index (κ2) is 6.47. The Bertz CT molecular complexity index is 964. The van der Waals surface area contributed by atoms with E-state index in [1.807, 2.05) is 9.13 Å². The summed E-state index contributed by atoms with van der Waals surface area (Å²) in [7, 11) is 0. The number of anilines is 1. The first-order valence-electron chi connectivity index (χ1n) is 11.3. The van der Waals surface area contributed by atoms with E-state index in [0.717, 1.165) is 53.9 Å². The highest BCUT2D eigenvalue weighted by Crippen LogP contribution is 2.65. The Labute approximate surface area is 178 Å². The van der Waals surface area contributed by atoms with Gasteiger partial charge in [0.05, 0.1) is 0 Å². The van der Waals surface area contributed by atoms with Crippen LogP contribution in [0.4, 0.5) is 5.82 Å². The summed E-state index contributed by atoms with van der Waals surface area (Å²) in [4.78, 5) is 23.6. The van der Waals surface area contributed by atoms with Crippen molar-refractivity contribution in [3.05, 3.63) is 16.3 Å². The zero-order valence-electron chi connectivity index (χ0n) is 17.6. The summed E-state index contributed by atoms with van der Waals surface area (Å²) in [5.41, 5.74) is 1.18. The molecule has 0 radical (unpaired) electrons. The van der Waals surface area contributed by atoms with E-state index in [4.69, 9.17) is 9.97 Å². The van der Waals surface area contributed by atoms with Gasteiger partial charge in [-0.1, -0.05) is 20.8 Å². The lowest BCUT2D eigenvalue weighted by Crippen LogP contribution is -2.32. The topological polar surface area (TPSA) is 64.7 Å². The highest BCUT2D eigenvalue weighted by Gasteiger charge is 2.60. The van der Waals surface area contributed by atoms with Crippen molar-refractivity contribution in [2.24, 2.45) is 23.7 Å². The standard InChI is InChI=1S/C22H31N5O.ClH/c1-4-5-26-19-17(18-23-16(12(2)3)11-27(18)21(26)28)24-20(25-19)22-9-13-6-14(10-22)8-15(22)7-13;/h12-16,23H,4-11H2,1-3H3;1H/t13?,14?,15?,16-,22?;/m0./s1. The maximum Gasteiger partial charge on any atom is 0.331 e. The average molecular weight is 418 g/mol. The SMILES string of the molecule is CCCn1c2nc(C34CC5CC(CC3C5)C4)nc-2c2n(c1=O)C[C@@H](C(C)C)N2.Cl. The molecule has 0 aromatic carbocycles. The first-order chi connectivity index (χ1) is 13.5. The minimum Gasteiger partial charge on any atom is -0.365 e. The largest absolute Gasteiger partial charge is 0.365 e. The van der Waals surface area contributed by atoms with Crippen molar-refractivity contribution in [2.75, 3.05) is 5.32 Å². The van der Waals surface area contributed by atoms with Crippen molar-refractivity contribution in [2.45, 2.75) is 83.8 Å². The highest BCUT2D eigenvalue weighted by atomic mass is 35.5. The Morgan fingerprint density at radius 3 is 2.55 bits per heavy atom. The van der Waals surface area contributed by atoms with Gasteiger partial charge < -0.3 is 5.32 Å². The molecule has 4 saturated carbocycles. The number of nitrogens with one attached hydrogen (secondary N) is 1. The second-order valence-corrected chi connectivity index (χ2v) is 10.3. The van der Waals surface area contributed by atoms with Gasteiger partial charge >= 0.3 is 5.69 Å². The molecule has 3 aliphatic heterocycles. The smallest absolute Gasteiger partial charge is 0.331 e. The Morgan fingerprint density at radius 2 is 1.90 bits per heavy atom. The Kier molecular flexibility index (Phi) is 4.33. The van der Waals surface area contributed by atoms with Gasteiger partial charge in [0.25, 0.3) is 0 Å². The van der Waals surface area contributed by atoms with Crippen LogP contribution in [-0.2, 0) is 18.5 Å². The lowest BCUT2D eigenvalue weighted by molar-refractivity contribution is 0.262. The van der Waals surface area contributed by atoms with E-state index in [-0.39, 0.29) is 29.6 Å². The van der Waals surface area contributed by atoms with Gasteiger partial charge in [-0.2, -0.15) is 0 Å². The van der Waals surface area contributed by atoms with Crippen molar-refractivity contribution in [1.29, 1.82) is 0 Å². The maximum absolute atomic E-state index is 13.3. The van der Waals surface area contributed by atoms with Crippen molar-refractivity contribution >= 4 is 18.2 Å². The number of rotatable bonds is 4. The number of hydrogen-bond acceptors (Lipinski definition) is 4. The number of nitrogens with zero attached hydrogens (tertiary/aromatic N) is 4. The van der Waals surface area contributed by atoms with Crippen molar-refractivity contribution in [1.82, 2.24) is 19.1 Å². The van der Waals surface area contributed by atoms with E-state index in [0.29, 0.717) is 12.5 Å². The molecule has 3 heterocycles. The molecule has 3 atom stereocenters. The second-order valence-electron chi connectivity index (χ2n) is 10.3. The quantitative estimate of drug-likeness (QED) is 0.819. The van der Waals surface area contributed by atoms with Crippen LogP contribution in [0.1, 0.15) is 65.1 Å². The number of imidazole rings is 1. The van der Waals surface area contributed by atoms with Crippen LogP contribution in [0.3, 0.4) is 0 Å². The Morgan fingerprint density at radius 1 is 1.17 bits per heavy atom. The monoisotopic (exact) mass is 417 g/mol. The number of halogens is 1. The van der Waals surface area contributed by atoms with E-state index in [2.05, 4.69) is 26.1 Å². The molecule has 0 spiro atoms. The summed E-state index contributed by atoms with van der Waals surface area (Å²) in [5, 5.41) is 3.61. The fraction of sp³-hybridized carbons (Fsp3) is 0.773. The summed E-state index contributed by atoms with van der Waals surface area (Å²) in [5.74, 6) is 5.74.